The summed E-state index contributed by atoms with van der Waals surface area (Å²) in [5, 5.41) is 10.8. The molecule has 9 heteroatoms. The smallest absolute Gasteiger partial charge is 0.363 e. The zero-order valence-corrected chi connectivity index (χ0v) is 19.1. The molecule has 1 aliphatic heterocycles. The van der Waals surface area contributed by atoms with Crippen molar-refractivity contribution in [2.24, 2.45) is 4.99 Å². The number of carbonyl (C=O) groups is 2. The van der Waals surface area contributed by atoms with Crippen LogP contribution in [-0.2, 0) is 14.3 Å². The number of esters is 2. The number of nitrogens with zero attached hydrogens (tertiary/aromatic N) is 2. The molecule has 36 heavy (non-hydrogen) atoms. The highest BCUT2D eigenvalue weighted by Crippen LogP contribution is 2.30. The van der Waals surface area contributed by atoms with Gasteiger partial charge in [0.05, 0.1) is 11.5 Å². The fraction of sp³-hybridized carbons (Fsp3) is 0.0741. The molecule has 0 aromatic heterocycles. The summed E-state index contributed by atoms with van der Waals surface area (Å²) < 4.78 is 16.3. The number of ether oxygens (including phenoxy) is 3. The van der Waals surface area contributed by atoms with Crippen molar-refractivity contribution < 1.29 is 28.7 Å². The summed E-state index contributed by atoms with van der Waals surface area (Å²) in [5.74, 6) is -0.641. The second-order valence-electron chi connectivity index (χ2n) is 7.44. The maximum atomic E-state index is 12.3. The number of non-ortho nitro benzene ring substituents is 1. The van der Waals surface area contributed by atoms with Gasteiger partial charge >= 0.3 is 11.9 Å². The summed E-state index contributed by atoms with van der Waals surface area (Å²) in [5.41, 5.74) is 1.82. The Morgan fingerprint density at radius 1 is 1.03 bits per heavy atom. The molecule has 0 N–H and O–H groups in total. The highest BCUT2D eigenvalue weighted by Gasteiger charge is 2.25. The third kappa shape index (κ3) is 5.89. The van der Waals surface area contributed by atoms with E-state index in [0.29, 0.717) is 23.5 Å². The molecule has 180 valence electrons. The van der Waals surface area contributed by atoms with Crippen molar-refractivity contribution in [2.45, 2.75) is 6.92 Å². The SMILES string of the molecule is CCOc1cc(/C=C2/N=C(c3ccc([N+](=O)[O-])cc3)OC2=O)ccc1OC(=O)/C=C/c1ccccc1. The van der Waals surface area contributed by atoms with Gasteiger partial charge in [0.2, 0.25) is 5.90 Å². The molecule has 1 aliphatic rings. The molecule has 0 atom stereocenters. The molecule has 0 bridgehead atoms. The molecule has 0 aliphatic carbocycles. The molecule has 0 fully saturated rings. The van der Waals surface area contributed by atoms with Crippen LogP contribution in [0.1, 0.15) is 23.6 Å². The quantitative estimate of drug-likeness (QED) is 0.146. The number of cyclic esters (lactones) is 1. The first-order valence-corrected chi connectivity index (χ1v) is 10.9. The first-order chi connectivity index (χ1) is 17.4. The molecule has 4 rings (SSSR count). The Bertz CT molecular complexity index is 1390. The molecule has 1 heterocycles. The van der Waals surface area contributed by atoms with Gasteiger partial charge in [0.1, 0.15) is 0 Å². The van der Waals surface area contributed by atoms with E-state index in [0.717, 1.165) is 5.56 Å². The van der Waals surface area contributed by atoms with E-state index in [1.165, 1.54) is 36.4 Å². The number of benzene rings is 3. The van der Waals surface area contributed by atoms with Gasteiger partial charge in [-0.3, -0.25) is 10.1 Å². The molecule has 3 aromatic carbocycles. The predicted octanol–water partition coefficient (Wildman–Crippen LogP) is 4.96. The Balaban J connectivity index is 1.53. The lowest BCUT2D eigenvalue weighted by atomic mass is 10.1. The summed E-state index contributed by atoms with van der Waals surface area (Å²) in [7, 11) is 0. The van der Waals surface area contributed by atoms with Crippen LogP contribution in [0.4, 0.5) is 5.69 Å². The fourth-order valence-corrected chi connectivity index (χ4v) is 3.25. The topological polar surface area (TPSA) is 117 Å². The van der Waals surface area contributed by atoms with E-state index in [2.05, 4.69) is 4.99 Å². The van der Waals surface area contributed by atoms with Gasteiger partial charge in [0, 0.05) is 23.8 Å². The van der Waals surface area contributed by atoms with Crippen LogP contribution in [0.3, 0.4) is 0 Å². The molecule has 3 aromatic rings. The van der Waals surface area contributed by atoms with Crippen LogP contribution in [0.25, 0.3) is 12.2 Å². The maximum Gasteiger partial charge on any atom is 0.363 e. The van der Waals surface area contributed by atoms with Crippen molar-refractivity contribution in [1.29, 1.82) is 0 Å². The first-order valence-electron chi connectivity index (χ1n) is 10.9. The van der Waals surface area contributed by atoms with Crippen LogP contribution in [0.5, 0.6) is 11.5 Å². The van der Waals surface area contributed by atoms with Gasteiger partial charge in [-0.25, -0.2) is 14.6 Å². The molecular weight excluding hydrogens is 464 g/mol. The Morgan fingerprint density at radius 2 is 1.78 bits per heavy atom. The highest BCUT2D eigenvalue weighted by atomic mass is 16.6. The van der Waals surface area contributed by atoms with Crippen LogP contribution >= 0.6 is 0 Å². The van der Waals surface area contributed by atoms with E-state index in [4.69, 9.17) is 14.2 Å². The van der Waals surface area contributed by atoms with Gasteiger partial charge in [0.25, 0.3) is 5.69 Å². The lowest BCUT2D eigenvalue weighted by Gasteiger charge is -2.10. The molecule has 9 nitrogen and oxygen atoms in total. The molecule has 0 spiro atoms. The molecule has 0 saturated heterocycles. The summed E-state index contributed by atoms with van der Waals surface area (Å²) >= 11 is 0. The monoisotopic (exact) mass is 484 g/mol. The first kappa shape index (κ1) is 24.1. The summed E-state index contributed by atoms with van der Waals surface area (Å²) in [4.78, 5) is 39.1. The Hall–Kier alpha value is -5.05. The molecular formula is C27H20N2O7. The lowest BCUT2D eigenvalue weighted by molar-refractivity contribution is -0.384. The lowest BCUT2D eigenvalue weighted by Crippen LogP contribution is -2.06. The van der Waals surface area contributed by atoms with Gasteiger partial charge in [-0.1, -0.05) is 36.4 Å². The second-order valence-corrected chi connectivity index (χ2v) is 7.44. The zero-order chi connectivity index (χ0) is 25.5. The minimum atomic E-state index is -0.664. The zero-order valence-electron chi connectivity index (χ0n) is 19.1. The van der Waals surface area contributed by atoms with Crippen LogP contribution in [0.2, 0.25) is 0 Å². The van der Waals surface area contributed by atoms with E-state index in [-0.39, 0.29) is 23.0 Å². The van der Waals surface area contributed by atoms with Crippen molar-refractivity contribution in [1.82, 2.24) is 0 Å². The normalized spacial score (nSPS) is 14.0. The van der Waals surface area contributed by atoms with Gasteiger partial charge in [-0.2, -0.15) is 0 Å². The number of nitro groups is 1. The summed E-state index contributed by atoms with van der Waals surface area (Å²) in [6.45, 7) is 2.12. The third-order valence-electron chi connectivity index (χ3n) is 4.94. The van der Waals surface area contributed by atoms with Crippen LogP contribution in [-0.4, -0.2) is 29.4 Å². The molecule has 0 amide bonds. The molecule has 0 radical (unpaired) electrons. The van der Waals surface area contributed by atoms with Crippen LogP contribution in [0.15, 0.2) is 89.6 Å². The van der Waals surface area contributed by atoms with Crippen molar-refractivity contribution in [3.63, 3.8) is 0 Å². The van der Waals surface area contributed by atoms with Gasteiger partial charge in [0.15, 0.2) is 17.2 Å². The highest BCUT2D eigenvalue weighted by molar-refractivity contribution is 6.12. The number of hydrogen-bond donors (Lipinski definition) is 0. The minimum Gasteiger partial charge on any atom is -0.490 e. The van der Waals surface area contributed by atoms with E-state index >= 15 is 0 Å². The fourth-order valence-electron chi connectivity index (χ4n) is 3.25. The van der Waals surface area contributed by atoms with Crippen molar-refractivity contribution in [3.8, 4) is 11.5 Å². The number of rotatable bonds is 8. The maximum absolute atomic E-state index is 12.3. The van der Waals surface area contributed by atoms with E-state index in [1.54, 1.807) is 31.2 Å². The summed E-state index contributed by atoms with van der Waals surface area (Å²) in [6.07, 6.45) is 4.47. The van der Waals surface area contributed by atoms with Gasteiger partial charge in [-0.05, 0) is 54.5 Å². The van der Waals surface area contributed by atoms with E-state index < -0.39 is 16.9 Å². The number of aliphatic imine (C=N–C) groups is 1. The number of carbonyl (C=O) groups excluding carboxylic acids is 2. The largest absolute Gasteiger partial charge is 0.490 e. The molecule has 0 unspecified atom stereocenters. The Kier molecular flexibility index (Phi) is 7.30. The number of nitro benzene ring substituents is 1. The Morgan fingerprint density at radius 3 is 2.47 bits per heavy atom. The van der Waals surface area contributed by atoms with Crippen LogP contribution < -0.4 is 9.47 Å². The van der Waals surface area contributed by atoms with Gasteiger partial charge < -0.3 is 14.2 Å². The van der Waals surface area contributed by atoms with Crippen molar-refractivity contribution in [2.75, 3.05) is 6.61 Å². The third-order valence-corrected chi connectivity index (χ3v) is 4.94. The standard InChI is InChI=1S/C27H20N2O7/c1-2-34-24-17-19(8-14-23(24)35-25(30)15-9-18-6-4-3-5-7-18)16-22-27(31)36-26(28-22)20-10-12-21(13-11-20)29(32)33/h3-17H,2H2,1H3/b15-9+,22-16+. The van der Waals surface area contributed by atoms with Crippen molar-refractivity contribution >= 4 is 35.7 Å². The molecule has 0 saturated carbocycles. The summed E-state index contributed by atoms with van der Waals surface area (Å²) in [6, 6.07) is 19.7. The average molecular weight is 484 g/mol. The average Bonchev–Trinajstić information content (AvgIpc) is 3.25. The van der Waals surface area contributed by atoms with E-state index in [1.807, 2.05) is 30.3 Å². The minimum absolute atomic E-state index is 0.0429. The Labute approximate surface area is 206 Å². The van der Waals surface area contributed by atoms with Gasteiger partial charge in [-0.15, -0.1) is 0 Å². The van der Waals surface area contributed by atoms with Crippen LogP contribution in [0, 0.1) is 10.1 Å². The number of hydrogen-bond acceptors (Lipinski definition) is 8. The van der Waals surface area contributed by atoms with E-state index in [9.17, 15) is 19.7 Å². The second kappa shape index (κ2) is 10.9. The predicted molar refractivity (Wildman–Crippen MR) is 132 cm³/mol. The van der Waals surface area contributed by atoms with Crippen molar-refractivity contribution in [3.05, 3.63) is 111 Å².